The zero-order chi connectivity index (χ0) is 18.7. The highest BCUT2D eigenvalue weighted by molar-refractivity contribution is 7.17. The van der Waals surface area contributed by atoms with E-state index in [1.165, 1.54) is 18.4 Å². The van der Waals surface area contributed by atoms with Crippen LogP contribution in [0.2, 0.25) is 5.02 Å². The van der Waals surface area contributed by atoms with E-state index in [0.717, 1.165) is 41.7 Å². The molecule has 1 aromatic carbocycles. The lowest BCUT2D eigenvalue weighted by Crippen LogP contribution is -2.21. The lowest BCUT2D eigenvalue weighted by molar-refractivity contribution is -0.118. The van der Waals surface area contributed by atoms with Gasteiger partial charge < -0.3 is 14.8 Å². The van der Waals surface area contributed by atoms with Crippen LogP contribution >= 0.6 is 22.9 Å². The van der Waals surface area contributed by atoms with Crippen molar-refractivity contribution in [3.8, 4) is 5.75 Å². The first-order valence-corrected chi connectivity index (χ1v) is 9.60. The number of amides is 1. The summed E-state index contributed by atoms with van der Waals surface area (Å²) in [6.07, 6.45) is 3.91. The van der Waals surface area contributed by atoms with Gasteiger partial charge in [0.2, 0.25) is 0 Å². The van der Waals surface area contributed by atoms with Crippen LogP contribution in [0, 0.1) is 6.92 Å². The van der Waals surface area contributed by atoms with Crippen molar-refractivity contribution in [1.82, 2.24) is 0 Å². The van der Waals surface area contributed by atoms with Crippen LogP contribution in [-0.2, 0) is 22.4 Å². The number of ether oxygens (including phenoxy) is 2. The molecule has 3 rings (SSSR count). The van der Waals surface area contributed by atoms with Gasteiger partial charge in [-0.3, -0.25) is 4.79 Å². The summed E-state index contributed by atoms with van der Waals surface area (Å²) in [5, 5.41) is 3.98. The van der Waals surface area contributed by atoms with E-state index >= 15 is 0 Å². The third-order valence-corrected chi connectivity index (χ3v) is 5.75. The topological polar surface area (TPSA) is 64.6 Å². The zero-order valence-corrected chi connectivity index (χ0v) is 16.3. The molecular weight excluding hydrogens is 374 g/mol. The van der Waals surface area contributed by atoms with E-state index in [4.69, 9.17) is 21.1 Å². The van der Waals surface area contributed by atoms with Crippen molar-refractivity contribution in [3.63, 3.8) is 0 Å². The van der Waals surface area contributed by atoms with E-state index in [1.54, 1.807) is 18.2 Å². The van der Waals surface area contributed by atoms with E-state index in [2.05, 4.69) is 5.32 Å². The first-order chi connectivity index (χ1) is 12.5. The Kier molecular flexibility index (Phi) is 5.84. The Bertz CT molecular complexity index is 846. The SMILES string of the molecule is COC(=O)c1c(NC(=O)COc2ccc(Cl)cc2C)sc2c1CCCC2. The second-order valence-corrected chi connectivity index (χ2v) is 7.69. The highest BCUT2D eigenvalue weighted by Crippen LogP contribution is 2.38. The van der Waals surface area contributed by atoms with Crippen molar-refractivity contribution in [2.45, 2.75) is 32.6 Å². The number of fused-ring (bicyclic) bond motifs is 1. The van der Waals surface area contributed by atoms with Crippen molar-refractivity contribution < 1.29 is 19.1 Å². The number of nitrogens with one attached hydrogen (secondary N) is 1. The average molecular weight is 394 g/mol. The summed E-state index contributed by atoms with van der Waals surface area (Å²) in [5.41, 5.74) is 2.35. The number of esters is 1. The van der Waals surface area contributed by atoms with E-state index in [1.807, 2.05) is 6.92 Å². The zero-order valence-electron chi connectivity index (χ0n) is 14.7. The van der Waals surface area contributed by atoms with Crippen LogP contribution in [0.15, 0.2) is 18.2 Å². The molecule has 1 amide bonds. The van der Waals surface area contributed by atoms with Crippen molar-refractivity contribution in [3.05, 3.63) is 44.8 Å². The lowest BCUT2D eigenvalue weighted by Gasteiger charge is -2.12. The molecule has 7 heteroatoms. The van der Waals surface area contributed by atoms with E-state index in [9.17, 15) is 9.59 Å². The number of carbonyl (C=O) groups is 2. The highest BCUT2D eigenvalue weighted by atomic mass is 35.5. The van der Waals surface area contributed by atoms with Gasteiger partial charge in [0.05, 0.1) is 12.7 Å². The van der Waals surface area contributed by atoms with E-state index in [0.29, 0.717) is 21.3 Å². The van der Waals surface area contributed by atoms with Crippen LogP contribution < -0.4 is 10.1 Å². The molecule has 2 aromatic rings. The second-order valence-electron chi connectivity index (χ2n) is 6.15. The number of hydrogen-bond donors (Lipinski definition) is 1. The summed E-state index contributed by atoms with van der Waals surface area (Å²) in [5.74, 6) is -0.125. The molecule has 0 atom stereocenters. The monoisotopic (exact) mass is 393 g/mol. The molecule has 0 bridgehead atoms. The molecule has 0 spiro atoms. The number of benzene rings is 1. The third-order valence-electron chi connectivity index (χ3n) is 4.31. The van der Waals surface area contributed by atoms with Crippen LogP contribution in [0.1, 0.15) is 39.2 Å². The maximum absolute atomic E-state index is 12.3. The van der Waals surface area contributed by atoms with Gasteiger partial charge in [0.15, 0.2) is 6.61 Å². The van der Waals surface area contributed by atoms with Gasteiger partial charge in [-0.15, -0.1) is 11.3 Å². The largest absolute Gasteiger partial charge is 0.483 e. The average Bonchev–Trinajstić information content (AvgIpc) is 2.98. The molecule has 138 valence electrons. The van der Waals surface area contributed by atoms with Crippen LogP contribution in [-0.4, -0.2) is 25.6 Å². The van der Waals surface area contributed by atoms with Gasteiger partial charge >= 0.3 is 5.97 Å². The van der Waals surface area contributed by atoms with Gasteiger partial charge in [-0.1, -0.05) is 11.6 Å². The summed E-state index contributed by atoms with van der Waals surface area (Å²) in [6.45, 7) is 1.72. The fourth-order valence-corrected chi connectivity index (χ4v) is 4.57. The molecule has 1 N–H and O–H groups in total. The molecule has 26 heavy (non-hydrogen) atoms. The fraction of sp³-hybridized carbons (Fsp3) is 0.368. The third kappa shape index (κ3) is 4.02. The minimum Gasteiger partial charge on any atom is -0.483 e. The fourth-order valence-electron chi connectivity index (χ4n) is 3.05. The van der Waals surface area contributed by atoms with E-state index in [-0.39, 0.29) is 12.5 Å². The maximum Gasteiger partial charge on any atom is 0.341 e. The molecule has 1 aromatic heterocycles. The second kappa shape index (κ2) is 8.10. The van der Waals surface area contributed by atoms with Crippen LogP contribution in [0.4, 0.5) is 5.00 Å². The number of aryl methyl sites for hydroxylation is 2. The van der Waals surface area contributed by atoms with Crippen molar-refractivity contribution in [2.24, 2.45) is 0 Å². The van der Waals surface area contributed by atoms with Crippen LogP contribution in [0.25, 0.3) is 0 Å². The Morgan fingerprint density at radius 3 is 2.77 bits per heavy atom. The number of halogens is 1. The van der Waals surface area contributed by atoms with Crippen LogP contribution in [0.5, 0.6) is 5.75 Å². The summed E-state index contributed by atoms with van der Waals surface area (Å²) >= 11 is 7.38. The van der Waals surface area contributed by atoms with Gasteiger partial charge in [0, 0.05) is 9.90 Å². The molecular formula is C19H20ClNO4S. The van der Waals surface area contributed by atoms with Crippen molar-refractivity contribution in [1.29, 1.82) is 0 Å². The quantitative estimate of drug-likeness (QED) is 0.765. The lowest BCUT2D eigenvalue weighted by atomic mass is 9.95. The molecule has 1 aliphatic rings. The van der Waals surface area contributed by atoms with Crippen molar-refractivity contribution in [2.75, 3.05) is 19.0 Å². The number of methoxy groups -OCH3 is 1. The van der Waals surface area contributed by atoms with Gasteiger partial charge in [0.1, 0.15) is 10.8 Å². The molecule has 0 saturated carbocycles. The van der Waals surface area contributed by atoms with Crippen LogP contribution in [0.3, 0.4) is 0 Å². The normalized spacial score (nSPS) is 13.0. The number of thiophene rings is 1. The first kappa shape index (κ1) is 18.7. The molecule has 5 nitrogen and oxygen atoms in total. The predicted molar refractivity (Wildman–Crippen MR) is 103 cm³/mol. The Morgan fingerprint density at radius 2 is 2.04 bits per heavy atom. The molecule has 0 unspecified atom stereocenters. The number of rotatable bonds is 5. The Labute approximate surface area is 161 Å². The smallest absolute Gasteiger partial charge is 0.341 e. The maximum atomic E-state index is 12.3. The molecule has 0 fully saturated rings. The highest BCUT2D eigenvalue weighted by Gasteiger charge is 2.26. The first-order valence-electron chi connectivity index (χ1n) is 8.41. The predicted octanol–water partition coefficient (Wildman–Crippen LogP) is 4.39. The van der Waals surface area contributed by atoms with Gasteiger partial charge in [-0.2, -0.15) is 0 Å². The van der Waals surface area contributed by atoms with Crippen molar-refractivity contribution >= 4 is 39.8 Å². The Morgan fingerprint density at radius 1 is 1.27 bits per heavy atom. The summed E-state index contributed by atoms with van der Waals surface area (Å²) in [4.78, 5) is 25.7. The summed E-state index contributed by atoms with van der Waals surface area (Å²) in [7, 11) is 1.35. The molecule has 0 aliphatic heterocycles. The summed E-state index contributed by atoms with van der Waals surface area (Å²) in [6, 6.07) is 5.22. The standard InChI is InChI=1S/C19H20ClNO4S/c1-11-9-12(20)7-8-14(11)25-10-16(22)21-18-17(19(23)24-2)13-5-3-4-6-15(13)26-18/h7-9H,3-6,10H2,1-2H3,(H,21,22). The summed E-state index contributed by atoms with van der Waals surface area (Å²) < 4.78 is 10.5. The number of hydrogen-bond acceptors (Lipinski definition) is 5. The Balaban J connectivity index is 1.72. The number of carbonyl (C=O) groups excluding carboxylic acids is 2. The van der Waals surface area contributed by atoms with E-state index < -0.39 is 5.97 Å². The Hall–Kier alpha value is -2.05. The minimum absolute atomic E-state index is 0.147. The van der Waals surface area contributed by atoms with Gasteiger partial charge in [-0.25, -0.2) is 4.79 Å². The van der Waals surface area contributed by atoms with Gasteiger partial charge in [-0.05, 0) is 61.9 Å². The molecule has 1 aliphatic carbocycles. The van der Waals surface area contributed by atoms with Gasteiger partial charge in [0.25, 0.3) is 5.91 Å². The molecule has 0 radical (unpaired) electrons. The minimum atomic E-state index is -0.408. The molecule has 1 heterocycles. The molecule has 0 saturated heterocycles. The number of anilines is 1.